The smallest absolute Gasteiger partial charge is 0.316 e. The average molecular weight is 256 g/mol. The molecular weight excluding hydrogens is 240 g/mol. The number of nitrogens with zero attached hydrogens (tertiary/aromatic N) is 1. The van der Waals surface area contributed by atoms with Crippen molar-refractivity contribution in [2.45, 2.75) is 25.0 Å². The van der Waals surface area contributed by atoms with Gasteiger partial charge in [-0.3, -0.25) is 4.79 Å². The van der Waals surface area contributed by atoms with Crippen LogP contribution in [-0.2, 0) is 9.53 Å². The molecule has 0 unspecified atom stereocenters. The first-order chi connectivity index (χ1) is 8.02. The first-order valence-corrected chi connectivity index (χ1v) is 6.14. The number of esters is 1. The van der Waals surface area contributed by atoms with E-state index in [0.29, 0.717) is 16.6 Å². The van der Waals surface area contributed by atoms with E-state index in [1.165, 1.54) is 18.9 Å². The fourth-order valence-corrected chi connectivity index (χ4v) is 1.72. The summed E-state index contributed by atoms with van der Waals surface area (Å²) in [6.07, 6.45) is 0.00524. The number of anilines is 1. The molecule has 2 N–H and O–H groups in total. The number of thioether (sulfide) groups is 1. The van der Waals surface area contributed by atoms with Crippen LogP contribution in [0.3, 0.4) is 0 Å². The van der Waals surface area contributed by atoms with Gasteiger partial charge in [0, 0.05) is 0 Å². The maximum atomic E-state index is 11.0. The third-order valence-electron chi connectivity index (χ3n) is 1.78. The predicted molar refractivity (Wildman–Crippen MR) is 67.2 cm³/mol. The van der Waals surface area contributed by atoms with Crippen molar-refractivity contribution in [1.82, 2.24) is 4.98 Å². The van der Waals surface area contributed by atoms with Crippen molar-refractivity contribution in [2.24, 2.45) is 0 Å². The number of carbonyl (C=O) groups is 1. The van der Waals surface area contributed by atoms with E-state index in [9.17, 15) is 4.79 Å². The molecule has 0 aliphatic heterocycles. The summed E-state index contributed by atoms with van der Waals surface area (Å²) in [6.45, 7) is 3.80. The van der Waals surface area contributed by atoms with Crippen molar-refractivity contribution in [3.8, 4) is 5.88 Å². The van der Waals surface area contributed by atoms with Gasteiger partial charge in [0.1, 0.15) is 5.03 Å². The van der Waals surface area contributed by atoms with Gasteiger partial charge < -0.3 is 15.2 Å². The molecule has 1 rings (SSSR count). The van der Waals surface area contributed by atoms with E-state index in [-0.39, 0.29) is 17.8 Å². The van der Waals surface area contributed by atoms with E-state index in [2.05, 4.69) is 9.72 Å². The molecule has 0 saturated heterocycles. The highest BCUT2D eigenvalue weighted by molar-refractivity contribution is 7.99. The largest absolute Gasteiger partial charge is 0.473 e. The summed E-state index contributed by atoms with van der Waals surface area (Å²) in [5, 5.41) is 0.681. The molecule has 0 amide bonds. The van der Waals surface area contributed by atoms with E-state index < -0.39 is 0 Å². The Kier molecular flexibility index (Phi) is 5.09. The third-order valence-corrected chi connectivity index (χ3v) is 2.68. The molecule has 1 aromatic rings. The molecule has 6 heteroatoms. The van der Waals surface area contributed by atoms with Crippen LogP contribution in [0.4, 0.5) is 5.69 Å². The Labute approximate surface area is 105 Å². The summed E-state index contributed by atoms with van der Waals surface area (Å²) >= 11 is 1.28. The number of pyridine rings is 1. The second kappa shape index (κ2) is 6.34. The highest BCUT2D eigenvalue weighted by Crippen LogP contribution is 2.24. The molecule has 0 radical (unpaired) electrons. The lowest BCUT2D eigenvalue weighted by atomic mass is 10.4. The van der Waals surface area contributed by atoms with E-state index >= 15 is 0 Å². The van der Waals surface area contributed by atoms with Crippen molar-refractivity contribution in [2.75, 3.05) is 18.6 Å². The normalized spacial score (nSPS) is 10.4. The molecule has 5 nitrogen and oxygen atoms in total. The first kappa shape index (κ1) is 13.6. The fourth-order valence-electron chi connectivity index (χ4n) is 1.02. The Morgan fingerprint density at radius 3 is 2.82 bits per heavy atom. The van der Waals surface area contributed by atoms with Crippen LogP contribution < -0.4 is 10.5 Å². The molecular formula is C11H16N2O3S. The molecule has 0 aromatic carbocycles. The highest BCUT2D eigenvalue weighted by Gasteiger charge is 2.08. The van der Waals surface area contributed by atoms with Gasteiger partial charge in [-0.15, -0.1) is 0 Å². The highest BCUT2D eigenvalue weighted by atomic mass is 32.2. The predicted octanol–water partition coefficient (Wildman–Crippen LogP) is 1.72. The van der Waals surface area contributed by atoms with Crippen LogP contribution in [0.2, 0.25) is 0 Å². The number of nitrogen functional groups attached to an aromatic ring is 1. The Bertz CT molecular complexity index is 396. The molecule has 0 saturated carbocycles. The molecule has 0 aliphatic rings. The zero-order chi connectivity index (χ0) is 12.8. The molecule has 17 heavy (non-hydrogen) atoms. The lowest BCUT2D eigenvalue weighted by Crippen LogP contribution is -2.09. The van der Waals surface area contributed by atoms with Crippen LogP contribution >= 0.6 is 11.8 Å². The maximum Gasteiger partial charge on any atom is 0.316 e. The molecule has 0 bridgehead atoms. The Balaban J connectivity index is 2.71. The summed E-state index contributed by atoms with van der Waals surface area (Å²) in [4.78, 5) is 15.2. The lowest BCUT2D eigenvalue weighted by molar-refractivity contribution is -0.137. The van der Waals surface area contributed by atoms with Gasteiger partial charge in [0.15, 0.2) is 0 Å². The average Bonchev–Trinajstić information content (AvgIpc) is 2.29. The van der Waals surface area contributed by atoms with Gasteiger partial charge in [0.25, 0.3) is 0 Å². The van der Waals surface area contributed by atoms with Gasteiger partial charge in [0.2, 0.25) is 5.88 Å². The minimum absolute atomic E-state index is 0.00524. The molecule has 1 heterocycles. The van der Waals surface area contributed by atoms with Crippen LogP contribution in [0, 0.1) is 0 Å². The SMILES string of the molecule is COC(=O)CSc1ccc(N)c(OC(C)C)n1. The molecule has 0 atom stereocenters. The molecule has 0 fully saturated rings. The standard InChI is InChI=1S/C11H16N2O3S/c1-7(2)16-11-8(12)4-5-9(13-11)17-6-10(14)15-3/h4-5,7H,6,12H2,1-3H3. The lowest BCUT2D eigenvalue weighted by Gasteiger charge is -2.11. The Morgan fingerprint density at radius 2 is 2.24 bits per heavy atom. The van der Waals surface area contributed by atoms with Crippen molar-refractivity contribution in [3.63, 3.8) is 0 Å². The van der Waals surface area contributed by atoms with Gasteiger partial charge in [-0.25, -0.2) is 4.98 Å². The zero-order valence-corrected chi connectivity index (χ0v) is 10.9. The number of carbonyl (C=O) groups excluding carboxylic acids is 1. The van der Waals surface area contributed by atoms with Crippen molar-refractivity contribution in [1.29, 1.82) is 0 Å². The van der Waals surface area contributed by atoms with Crippen LogP contribution in [-0.4, -0.2) is 29.9 Å². The maximum absolute atomic E-state index is 11.0. The number of aromatic nitrogens is 1. The second-order valence-electron chi connectivity index (χ2n) is 3.58. The van der Waals surface area contributed by atoms with Gasteiger partial charge in [0.05, 0.1) is 24.7 Å². The minimum atomic E-state index is -0.292. The number of ether oxygens (including phenoxy) is 2. The molecule has 0 aliphatic carbocycles. The number of nitrogens with two attached hydrogens (primary N) is 1. The Morgan fingerprint density at radius 1 is 1.53 bits per heavy atom. The zero-order valence-electron chi connectivity index (χ0n) is 10.1. The van der Waals surface area contributed by atoms with Crippen LogP contribution in [0.1, 0.15) is 13.8 Å². The van der Waals surface area contributed by atoms with E-state index in [0.717, 1.165) is 0 Å². The van der Waals surface area contributed by atoms with E-state index in [4.69, 9.17) is 10.5 Å². The van der Waals surface area contributed by atoms with Gasteiger partial charge >= 0.3 is 5.97 Å². The number of methoxy groups -OCH3 is 1. The van der Waals surface area contributed by atoms with Gasteiger partial charge in [-0.1, -0.05) is 11.8 Å². The molecule has 0 spiro atoms. The van der Waals surface area contributed by atoms with E-state index in [1.54, 1.807) is 12.1 Å². The van der Waals surface area contributed by atoms with Crippen molar-refractivity contribution in [3.05, 3.63) is 12.1 Å². The minimum Gasteiger partial charge on any atom is -0.473 e. The van der Waals surface area contributed by atoms with Crippen LogP contribution in [0.15, 0.2) is 17.2 Å². The van der Waals surface area contributed by atoms with Crippen molar-refractivity contribution >= 4 is 23.4 Å². The summed E-state index contributed by atoms with van der Waals surface area (Å²) < 4.78 is 10.0. The van der Waals surface area contributed by atoms with Gasteiger partial charge in [-0.2, -0.15) is 0 Å². The monoisotopic (exact) mass is 256 g/mol. The Hall–Kier alpha value is -1.43. The second-order valence-corrected chi connectivity index (χ2v) is 4.57. The number of rotatable bonds is 5. The third kappa shape index (κ3) is 4.52. The van der Waals surface area contributed by atoms with Crippen LogP contribution in [0.5, 0.6) is 5.88 Å². The number of hydrogen-bond acceptors (Lipinski definition) is 6. The van der Waals surface area contributed by atoms with E-state index in [1.807, 2.05) is 13.8 Å². The summed E-state index contributed by atoms with van der Waals surface area (Å²) in [5.74, 6) is 0.323. The summed E-state index contributed by atoms with van der Waals surface area (Å²) in [5.41, 5.74) is 6.22. The van der Waals surface area contributed by atoms with Crippen molar-refractivity contribution < 1.29 is 14.3 Å². The summed E-state index contributed by atoms with van der Waals surface area (Å²) in [7, 11) is 1.35. The molecule has 1 aromatic heterocycles. The summed E-state index contributed by atoms with van der Waals surface area (Å²) in [6, 6.07) is 3.46. The number of hydrogen-bond donors (Lipinski definition) is 1. The van der Waals surface area contributed by atoms with Gasteiger partial charge in [-0.05, 0) is 26.0 Å². The first-order valence-electron chi connectivity index (χ1n) is 5.15. The fraction of sp³-hybridized carbons (Fsp3) is 0.455. The quantitative estimate of drug-likeness (QED) is 0.638. The van der Waals surface area contributed by atoms with Crippen LogP contribution in [0.25, 0.3) is 0 Å². The topological polar surface area (TPSA) is 74.4 Å². The molecule has 94 valence electrons.